The van der Waals surface area contributed by atoms with Crippen LogP contribution in [0.2, 0.25) is 0 Å². The first-order valence-electron chi connectivity index (χ1n) is 11.5. The normalized spacial score (nSPS) is 14.9. The molecule has 3 aromatic rings. The first-order chi connectivity index (χ1) is 17.1. The van der Waals surface area contributed by atoms with Gasteiger partial charge < -0.3 is 20.0 Å². The summed E-state index contributed by atoms with van der Waals surface area (Å²) in [5.41, 5.74) is 8.20. The Hall–Kier alpha value is -3.67. The van der Waals surface area contributed by atoms with E-state index in [1.807, 2.05) is 18.2 Å². The highest BCUT2D eigenvalue weighted by Gasteiger charge is 2.21. The van der Waals surface area contributed by atoms with Crippen LogP contribution in [0.25, 0.3) is 10.8 Å². The summed E-state index contributed by atoms with van der Waals surface area (Å²) in [4.78, 5) is 13.8. The van der Waals surface area contributed by atoms with Gasteiger partial charge in [0.15, 0.2) is 0 Å². The molecular formula is C25H29N5O5S. The second-order valence-corrected chi connectivity index (χ2v) is 9.88. The minimum absolute atomic E-state index is 0.0696. The number of hydrogen-bond donors (Lipinski definition) is 4. The summed E-state index contributed by atoms with van der Waals surface area (Å²) < 4.78 is 31.7. The molecule has 1 aliphatic rings. The van der Waals surface area contributed by atoms with E-state index < -0.39 is 16.3 Å². The van der Waals surface area contributed by atoms with Gasteiger partial charge in [0.05, 0.1) is 0 Å². The van der Waals surface area contributed by atoms with E-state index in [2.05, 4.69) is 37.7 Å². The van der Waals surface area contributed by atoms with Crippen molar-refractivity contribution in [3.63, 3.8) is 0 Å². The summed E-state index contributed by atoms with van der Waals surface area (Å²) >= 11 is 0. The second-order valence-electron chi connectivity index (χ2n) is 8.73. The summed E-state index contributed by atoms with van der Waals surface area (Å²) in [6.07, 6.45) is 1.92. The van der Waals surface area contributed by atoms with E-state index in [9.17, 15) is 13.2 Å². The number of carbonyl (C=O) groups is 1. The fourth-order valence-electron chi connectivity index (χ4n) is 4.18. The number of carbonyl (C=O) groups excluding carboxylic acids is 1. The molecule has 0 aliphatic carbocycles. The average Bonchev–Trinajstić information content (AvgIpc) is 2.83. The van der Waals surface area contributed by atoms with E-state index in [4.69, 9.17) is 15.9 Å². The highest BCUT2D eigenvalue weighted by Crippen LogP contribution is 2.23. The molecule has 1 aliphatic heterocycles. The molecule has 3 aromatic carbocycles. The molecule has 6 N–H and O–H groups in total. The molecule has 0 amide bonds. The lowest BCUT2D eigenvalue weighted by molar-refractivity contribution is -0.131. The number of ether oxygens (including phenoxy) is 1. The van der Waals surface area contributed by atoms with E-state index in [1.165, 1.54) is 5.56 Å². The van der Waals surface area contributed by atoms with Crippen LogP contribution in [0.1, 0.15) is 24.0 Å². The molecule has 0 atom stereocenters. The third kappa shape index (κ3) is 7.17. The minimum atomic E-state index is -4.31. The third-order valence-electron chi connectivity index (χ3n) is 5.96. The molecule has 11 heteroatoms. The van der Waals surface area contributed by atoms with Gasteiger partial charge in [0, 0.05) is 30.9 Å². The number of anilines is 1. The maximum Gasteiger partial charge on any atom is 0.382 e. The lowest BCUT2D eigenvalue weighted by atomic mass is 10.0. The molecule has 1 heterocycles. The Morgan fingerprint density at radius 1 is 1.03 bits per heavy atom. The Bertz CT molecular complexity index is 1350. The van der Waals surface area contributed by atoms with Crippen LogP contribution in [-0.2, 0) is 25.8 Å². The maximum absolute atomic E-state index is 11.4. The number of piperidine rings is 1. The van der Waals surface area contributed by atoms with Crippen molar-refractivity contribution < 1.29 is 22.1 Å². The van der Waals surface area contributed by atoms with E-state index in [0.29, 0.717) is 5.69 Å². The van der Waals surface area contributed by atoms with Gasteiger partial charge in [-0.25, -0.2) is 4.79 Å². The van der Waals surface area contributed by atoms with E-state index in [-0.39, 0.29) is 18.5 Å². The molecule has 0 radical (unpaired) electrons. The van der Waals surface area contributed by atoms with Crippen LogP contribution in [0.4, 0.5) is 5.69 Å². The molecule has 0 bridgehead atoms. The zero-order chi connectivity index (χ0) is 25.7. The number of fused-ring (bicyclic) bond motifs is 1. The number of nitrogens with one attached hydrogen (secondary N) is 2. The fraction of sp³-hybridized carbons (Fsp3) is 0.280. The van der Waals surface area contributed by atoms with Crippen molar-refractivity contribution in [3.05, 3.63) is 71.8 Å². The number of nitrogens with zero attached hydrogens (tertiary/aromatic N) is 1. The number of nitrogens with two attached hydrogens (primary N) is 2. The van der Waals surface area contributed by atoms with Crippen LogP contribution in [0.5, 0.6) is 5.75 Å². The molecule has 0 unspecified atom stereocenters. The average molecular weight is 512 g/mol. The van der Waals surface area contributed by atoms with Gasteiger partial charge in [0.1, 0.15) is 24.2 Å². The zero-order valence-electron chi connectivity index (χ0n) is 19.6. The molecule has 10 nitrogen and oxygen atoms in total. The standard InChI is InChI=1S/C25H29N5O5S/c26-25(27)19-4-3-18-2-1-17(13-20(18)14-19)16-30-11-9-23(10-12-30)34-22-7-5-21(6-8-22)29-15-24(31)35-36(28,32)33/h1-8,13-14,23,29H,9-12,15-16H2,(H3,26,27)(H2,28,32,33). The van der Waals surface area contributed by atoms with Crippen LogP contribution in [0.15, 0.2) is 60.7 Å². The summed E-state index contributed by atoms with van der Waals surface area (Å²) in [5, 5.41) is 17.3. The third-order valence-corrected chi connectivity index (χ3v) is 6.38. The highest BCUT2D eigenvalue weighted by molar-refractivity contribution is 7.84. The van der Waals surface area contributed by atoms with Crippen molar-refractivity contribution in [1.82, 2.24) is 4.90 Å². The summed E-state index contributed by atoms with van der Waals surface area (Å²) in [7, 11) is -4.31. The van der Waals surface area contributed by atoms with Crippen LogP contribution in [0, 0.1) is 5.41 Å². The van der Waals surface area contributed by atoms with Crippen molar-refractivity contribution in [2.24, 2.45) is 10.9 Å². The van der Waals surface area contributed by atoms with Gasteiger partial charge in [0.2, 0.25) is 0 Å². The number of amidine groups is 1. The second kappa shape index (κ2) is 10.9. The largest absolute Gasteiger partial charge is 0.490 e. The first kappa shape index (κ1) is 25.4. The van der Waals surface area contributed by atoms with Gasteiger partial charge in [-0.05, 0) is 65.6 Å². The maximum atomic E-state index is 11.4. The number of nitrogen functional groups attached to an aromatic ring is 1. The van der Waals surface area contributed by atoms with Crippen LogP contribution in [-0.4, -0.2) is 50.9 Å². The van der Waals surface area contributed by atoms with Gasteiger partial charge in [-0.2, -0.15) is 13.6 Å². The van der Waals surface area contributed by atoms with Gasteiger partial charge >= 0.3 is 16.3 Å². The SMILES string of the molecule is N=C(N)c1ccc2ccc(CN3CCC(Oc4ccc(NCC(=O)OS(N)(=O)=O)cc4)CC3)cc2c1. The topological polar surface area (TPSA) is 161 Å². The molecule has 0 saturated carbocycles. The Labute approximate surface area is 209 Å². The number of benzene rings is 3. The summed E-state index contributed by atoms with van der Waals surface area (Å²) in [6, 6.07) is 19.3. The number of likely N-dealkylation sites (tertiary alicyclic amines) is 1. The van der Waals surface area contributed by atoms with Gasteiger partial charge in [-0.15, -0.1) is 0 Å². The van der Waals surface area contributed by atoms with Crippen molar-refractivity contribution in [3.8, 4) is 5.75 Å². The van der Waals surface area contributed by atoms with Gasteiger partial charge in [-0.1, -0.05) is 24.3 Å². The quantitative estimate of drug-likeness (QED) is 0.251. The molecular weight excluding hydrogens is 482 g/mol. The van der Waals surface area contributed by atoms with Crippen LogP contribution in [0.3, 0.4) is 0 Å². The van der Waals surface area contributed by atoms with Crippen molar-refractivity contribution in [1.29, 1.82) is 5.41 Å². The lowest BCUT2D eigenvalue weighted by Crippen LogP contribution is -2.37. The Kier molecular flexibility index (Phi) is 7.73. The lowest BCUT2D eigenvalue weighted by Gasteiger charge is -2.32. The minimum Gasteiger partial charge on any atom is -0.490 e. The molecule has 190 valence electrons. The fourth-order valence-corrected chi connectivity index (χ4v) is 4.50. The Morgan fingerprint density at radius 3 is 2.39 bits per heavy atom. The predicted molar refractivity (Wildman–Crippen MR) is 138 cm³/mol. The predicted octanol–water partition coefficient (Wildman–Crippen LogP) is 2.33. The van der Waals surface area contributed by atoms with Crippen molar-refractivity contribution >= 4 is 38.6 Å². The monoisotopic (exact) mass is 511 g/mol. The van der Waals surface area contributed by atoms with E-state index in [1.54, 1.807) is 24.3 Å². The summed E-state index contributed by atoms with van der Waals surface area (Å²) in [6.45, 7) is 2.36. The Balaban J connectivity index is 1.24. The van der Waals surface area contributed by atoms with Gasteiger partial charge in [-0.3, -0.25) is 10.3 Å². The Morgan fingerprint density at radius 2 is 1.72 bits per heavy atom. The van der Waals surface area contributed by atoms with Crippen LogP contribution < -0.4 is 20.9 Å². The van der Waals surface area contributed by atoms with Crippen molar-refractivity contribution in [2.75, 3.05) is 25.0 Å². The molecule has 36 heavy (non-hydrogen) atoms. The van der Waals surface area contributed by atoms with Crippen LogP contribution >= 0.6 is 0 Å². The molecule has 1 fully saturated rings. The molecule has 0 aromatic heterocycles. The van der Waals surface area contributed by atoms with E-state index >= 15 is 0 Å². The number of rotatable bonds is 9. The van der Waals surface area contributed by atoms with Gasteiger partial charge in [0.25, 0.3) is 0 Å². The zero-order valence-corrected chi connectivity index (χ0v) is 20.5. The highest BCUT2D eigenvalue weighted by atomic mass is 32.2. The number of hydrogen-bond acceptors (Lipinski definition) is 8. The van der Waals surface area contributed by atoms with Crippen molar-refractivity contribution in [2.45, 2.75) is 25.5 Å². The molecule has 4 rings (SSSR count). The molecule has 1 saturated heterocycles. The summed E-state index contributed by atoms with van der Waals surface area (Å²) in [5.74, 6) is -0.198. The molecule has 0 spiro atoms. The smallest absolute Gasteiger partial charge is 0.382 e. The first-order valence-corrected chi connectivity index (χ1v) is 13.0. The van der Waals surface area contributed by atoms with E-state index in [0.717, 1.165) is 54.6 Å².